The first-order valence-electron chi connectivity index (χ1n) is 5.45. The molecule has 14 heavy (non-hydrogen) atoms. The second-order valence-electron chi connectivity index (χ2n) is 4.23. The van der Waals surface area contributed by atoms with E-state index >= 15 is 0 Å². The van der Waals surface area contributed by atoms with E-state index in [2.05, 4.69) is 17.4 Å². The molecule has 0 bridgehead atoms. The zero-order valence-corrected chi connectivity index (χ0v) is 8.92. The Morgan fingerprint density at radius 2 is 2.21 bits per heavy atom. The number of aromatic nitrogens is 1. The molecule has 0 saturated heterocycles. The fourth-order valence-corrected chi connectivity index (χ4v) is 2.12. The number of hydrogen-bond donors (Lipinski definition) is 1. The molecule has 1 heterocycles. The van der Waals surface area contributed by atoms with Crippen LogP contribution in [0.2, 0.25) is 0 Å². The molecular formula is C11H18N2O. The van der Waals surface area contributed by atoms with Gasteiger partial charge in [-0.3, -0.25) is 0 Å². The van der Waals surface area contributed by atoms with Crippen LogP contribution >= 0.6 is 0 Å². The van der Waals surface area contributed by atoms with Crippen molar-refractivity contribution in [1.29, 1.82) is 0 Å². The molecular weight excluding hydrogens is 176 g/mol. The van der Waals surface area contributed by atoms with Crippen molar-refractivity contribution < 1.29 is 4.52 Å². The average Bonchev–Trinajstić information content (AvgIpc) is 2.75. The first-order chi connectivity index (χ1) is 6.75. The lowest BCUT2D eigenvalue weighted by Gasteiger charge is -2.16. The van der Waals surface area contributed by atoms with E-state index in [0.29, 0.717) is 12.1 Å². The van der Waals surface area contributed by atoms with Crippen LogP contribution in [-0.4, -0.2) is 11.2 Å². The van der Waals surface area contributed by atoms with E-state index in [-0.39, 0.29) is 0 Å². The summed E-state index contributed by atoms with van der Waals surface area (Å²) < 4.78 is 5.06. The highest BCUT2D eigenvalue weighted by Gasteiger charge is 2.18. The van der Waals surface area contributed by atoms with Crippen molar-refractivity contribution in [2.75, 3.05) is 0 Å². The maximum atomic E-state index is 5.06. The predicted octanol–water partition coefficient (Wildman–Crippen LogP) is 2.58. The summed E-state index contributed by atoms with van der Waals surface area (Å²) in [5.41, 5.74) is 1.02. The normalized spacial score (nSPS) is 20.1. The van der Waals surface area contributed by atoms with E-state index in [4.69, 9.17) is 4.52 Å². The van der Waals surface area contributed by atoms with Crippen LogP contribution < -0.4 is 5.32 Å². The SMILES string of the molecule is Cc1cc(C(C)NC2CCCC2)no1. The van der Waals surface area contributed by atoms with E-state index in [0.717, 1.165) is 11.5 Å². The molecule has 0 aromatic carbocycles. The quantitative estimate of drug-likeness (QED) is 0.803. The first kappa shape index (κ1) is 9.71. The molecule has 0 amide bonds. The summed E-state index contributed by atoms with van der Waals surface area (Å²) >= 11 is 0. The van der Waals surface area contributed by atoms with Gasteiger partial charge in [-0.1, -0.05) is 18.0 Å². The first-order valence-corrected chi connectivity index (χ1v) is 5.45. The number of hydrogen-bond acceptors (Lipinski definition) is 3. The van der Waals surface area contributed by atoms with Gasteiger partial charge in [-0.2, -0.15) is 0 Å². The Kier molecular flexibility index (Phi) is 2.87. The summed E-state index contributed by atoms with van der Waals surface area (Å²) in [5.74, 6) is 0.889. The van der Waals surface area contributed by atoms with Crippen LogP contribution in [0.1, 0.15) is 50.1 Å². The number of rotatable bonds is 3. The highest BCUT2D eigenvalue weighted by atomic mass is 16.5. The molecule has 1 aromatic rings. The molecule has 1 aromatic heterocycles. The Bertz CT molecular complexity index is 289. The number of nitrogens with one attached hydrogen (secondary N) is 1. The summed E-state index contributed by atoms with van der Waals surface area (Å²) in [6.45, 7) is 4.08. The summed E-state index contributed by atoms with van der Waals surface area (Å²) in [6.07, 6.45) is 5.34. The Labute approximate surface area is 84.9 Å². The molecule has 0 radical (unpaired) electrons. The highest BCUT2D eigenvalue weighted by molar-refractivity contribution is 5.08. The van der Waals surface area contributed by atoms with E-state index in [1.54, 1.807) is 0 Å². The van der Waals surface area contributed by atoms with Gasteiger partial charge in [0.1, 0.15) is 11.5 Å². The zero-order valence-electron chi connectivity index (χ0n) is 8.92. The van der Waals surface area contributed by atoms with Crippen LogP contribution in [0.3, 0.4) is 0 Å². The van der Waals surface area contributed by atoms with Gasteiger partial charge in [0.15, 0.2) is 0 Å². The van der Waals surface area contributed by atoms with Crippen LogP contribution in [-0.2, 0) is 0 Å². The smallest absolute Gasteiger partial charge is 0.133 e. The molecule has 1 atom stereocenters. The lowest BCUT2D eigenvalue weighted by Crippen LogP contribution is -2.29. The van der Waals surface area contributed by atoms with E-state index in [1.807, 2.05) is 13.0 Å². The molecule has 1 N–H and O–H groups in total. The molecule has 3 nitrogen and oxygen atoms in total. The van der Waals surface area contributed by atoms with Gasteiger partial charge < -0.3 is 9.84 Å². The van der Waals surface area contributed by atoms with Crippen molar-refractivity contribution in [3.63, 3.8) is 0 Å². The number of aryl methyl sites for hydroxylation is 1. The Hall–Kier alpha value is -0.830. The zero-order chi connectivity index (χ0) is 9.97. The predicted molar refractivity (Wildman–Crippen MR) is 55.0 cm³/mol. The second-order valence-corrected chi connectivity index (χ2v) is 4.23. The van der Waals surface area contributed by atoms with Gasteiger partial charge in [-0.15, -0.1) is 0 Å². The van der Waals surface area contributed by atoms with Crippen molar-refractivity contribution in [3.05, 3.63) is 17.5 Å². The van der Waals surface area contributed by atoms with Crippen LogP contribution in [0.5, 0.6) is 0 Å². The van der Waals surface area contributed by atoms with Crippen molar-refractivity contribution in [3.8, 4) is 0 Å². The summed E-state index contributed by atoms with van der Waals surface area (Å²) in [5, 5.41) is 7.61. The lowest BCUT2D eigenvalue weighted by atomic mass is 10.1. The molecule has 1 fully saturated rings. The van der Waals surface area contributed by atoms with Gasteiger partial charge in [0.2, 0.25) is 0 Å². The molecule has 78 valence electrons. The maximum absolute atomic E-state index is 5.06. The summed E-state index contributed by atoms with van der Waals surface area (Å²) in [7, 11) is 0. The maximum Gasteiger partial charge on any atom is 0.133 e. The third kappa shape index (κ3) is 2.15. The van der Waals surface area contributed by atoms with Gasteiger partial charge in [0.05, 0.1) is 6.04 Å². The third-order valence-corrected chi connectivity index (χ3v) is 2.93. The van der Waals surface area contributed by atoms with E-state index in [9.17, 15) is 0 Å². The van der Waals surface area contributed by atoms with Gasteiger partial charge in [-0.05, 0) is 26.7 Å². The molecule has 1 aliphatic carbocycles. The van der Waals surface area contributed by atoms with Gasteiger partial charge >= 0.3 is 0 Å². The van der Waals surface area contributed by atoms with Gasteiger partial charge in [0.25, 0.3) is 0 Å². The standard InChI is InChI=1S/C11H18N2O/c1-8-7-11(13-14-8)9(2)12-10-5-3-4-6-10/h7,9-10,12H,3-6H2,1-2H3. The Balaban J connectivity index is 1.91. The highest BCUT2D eigenvalue weighted by Crippen LogP contribution is 2.21. The fraction of sp³-hybridized carbons (Fsp3) is 0.727. The van der Waals surface area contributed by atoms with E-state index in [1.165, 1.54) is 25.7 Å². The van der Waals surface area contributed by atoms with Crippen LogP contribution in [0.4, 0.5) is 0 Å². The van der Waals surface area contributed by atoms with Crippen molar-refractivity contribution in [1.82, 2.24) is 10.5 Å². The molecule has 1 unspecified atom stereocenters. The van der Waals surface area contributed by atoms with Gasteiger partial charge in [-0.25, -0.2) is 0 Å². The molecule has 0 aliphatic heterocycles. The average molecular weight is 194 g/mol. The molecule has 1 aliphatic rings. The minimum atomic E-state index is 0.315. The lowest BCUT2D eigenvalue weighted by molar-refractivity contribution is 0.372. The summed E-state index contributed by atoms with van der Waals surface area (Å²) in [4.78, 5) is 0. The van der Waals surface area contributed by atoms with Crippen molar-refractivity contribution in [2.24, 2.45) is 0 Å². The topological polar surface area (TPSA) is 38.1 Å². The Morgan fingerprint density at radius 1 is 1.50 bits per heavy atom. The second kappa shape index (κ2) is 4.13. The van der Waals surface area contributed by atoms with Gasteiger partial charge in [0, 0.05) is 12.1 Å². The third-order valence-electron chi connectivity index (χ3n) is 2.93. The van der Waals surface area contributed by atoms with Crippen molar-refractivity contribution >= 4 is 0 Å². The minimum Gasteiger partial charge on any atom is -0.361 e. The largest absolute Gasteiger partial charge is 0.361 e. The van der Waals surface area contributed by atoms with Crippen molar-refractivity contribution in [2.45, 2.75) is 51.6 Å². The van der Waals surface area contributed by atoms with Crippen LogP contribution in [0.15, 0.2) is 10.6 Å². The fourth-order valence-electron chi connectivity index (χ4n) is 2.12. The summed E-state index contributed by atoms with van der Waals surface area (Å²) in [6, 6.07) is 3.00. The Morgan fingerprint density at radius 3 is 2.79 bits per heavy atom. The molecule has 3 heteroatoms. The monoisotopic (exact) mass is 194 g/mol. The molecule has 2 rings (SSSR count). The van der Waals surface area contributed by atoms with E-state index < -0.39 is 0 Å². The van der Waals surface area contributed by atoms with Crippen LogP contribution in [0.25, 0.3) is 0 Å². The molecule has 0 spiro atoms. The molecule has 1 saturated carbocycles. The van der Waals surface area contributed by atoms with Crippen LogP contribution in [0, 0.1) is 6.92 Å². The number of nitrogens with zero attached hydrogens (tertiary/aromatic N) is 1. The minimum absolute atomic E-state index is 0.315.